The third-order valence-corrected chi connectivity index (χ3v) is 4.95. The molecule has 0 saturated carbocycles. The Morgan fingerprint density at radius 2 is 2.19 bits per heavy atom. The molecule has 3 heterocycles. The predicted octanol–water partition coefficient (Wildman–Crippen LogP) is 2.83. The number of thioether (sulfide) groups is 1. The topological polar surface area (TPSA) is 92.7 Å². The summed E-state index contributed by atoms with van der Waals surface area (Å²) >= 11 is 2.25. The van der Waals surface area contributed by atoms with Gasteiger partial charge in [0.25, 0.3) is 5.56 Å². The van der Waals surface area contributed by atoms with Gasteiger partial charge in [0.1, 0.15) is 5.82 Å². The minimum Gasteiger partial charge on any atom is -0.310 e. The lowest BCUT2D eigenvalue weighted by Gasteiger charge is -2.09. The number of halogens is 3. The number of hydrogen-bond acceptors (Lipinski definition) is 6. The summed E-state index contributed by atoms with van der Waals surface area (Å²) in [4.78, 5) is 30.0. The molecular weight excluding hydrogens is 403 g/mol. The number of carbonyl (C=O) groups is 1. The van der Waals surface area contributed by atoms with Crippen LogP contribution in [0.15, 0.2) is 45.8 Å². The van der Waals surface area contributed by atoms with Crippen molar-refractivity contribution in [1.29, 1.82) is 0 Å². The first-order valence-corrected chi connectivity index (χ1v) is 9.33. The number of hydrogen-bond donors (Lipinski definition) is 2. The number of amides is 1. The van der Waals surface area contributed by atoms with Crippen molar-refractivity contribution in [3.05, 3.63) is 56.8 Å². The van der Waals surface area contributed by atoms with Crippen LogP contribution in [0.25, 0.3) is 0 Å². The molecule has 0 unspecified atom stereocenters. The van der Waals surface area contributed by atoms with Gasteiger partial charge < -0.3 is 10.3 Å². The molecule has 0 aliphatic carbocycles. The lowest BCUT2D eigenvalue weighted by molar-refractivity contribution is -0.141. The van der Waals surface area contributed by atoms with Crippen LogP contribution in [-0.2, 0) is 17.5 Å². The molecule has 0 atom stereocenters. The minimum absolute atomic E-state index is 0.228. The fourth-order valence-electron chi connectivity index (χ4n) is 2.08. The van der Waals surface area contributed by atoms with Crippen molar-refractivity contribution in [2.24, 2.45) is 0 Å². The van der Waals surface area contributed by atoms with Gasteiger partial charge in [-0.3, -0.25) is 9.59 Å². The van der Waals surface area contributed by atoms with Gasteiger partial charge in [-0.05, 0) is 11.4 Å². The third-order valence-electron chi connectivity index (χ3n) is 3.22. The molecule has 2 N–H and O–H groups in total. The molecule has 27 heavy (non-hydrogen) atoms. The van der Waals surface area contributed by atoms with E-state index in [1.165, 1.54) is 6.20 Å². The zero-order valence-electron chi connectivity index (χ0n) is 13.5. The van der Waals surface area contributed by atoms with Crippen LogP contribution in [0.3, 0.4) is 0 Å². The van der Waals surface area contributed by atoms with E-state index in [4.69, 9.17) is 0 Å². The molecule has 0 aromatic carbocycles. The van der Waals surface area contributed by atoms with Crippen LogP contribution in [0, 0.1) is 0 Å². The maximum atomic E-state index is 12.7. The van der Waals surface area contributed by atoms with Crippen molar-refractivity contribution >= 4 is 34.8 Å². The largest absolute Gasteiger partial charge is 0.433 e. The number of carbonyl (C=O) groups excluding carboxylic acids is 1. The Morgan fingerprint density at radius 3 is 2.89 bits per heavy atom. The molecule has 0 bridgehead atoms. The number of aromatic nitrogens is 4. The maximum absolute atomic E-state index is 12.7. The average Bonchev–Trinajstić information content (AvgIpc) is 3.25. The Morgan fingerprint density at radius 1 is 1.37 bits per heavy atom. The second kappa shape index (κ2) is 7.96. The molecule has 7 nitrogen and oxygen atoms in total. The smallest absolute Gasteiger partial charge is 0.310 e. The van der Waals surface area contributed by atoms with Crippen molar-refractivity contribution in [3.8, 4) is 0 Å². The van der Waals surface area contributed by atoms with E-state index in [1.54, 1.807) is 22.1 Å². The van der Waals surface area contributed by atoms with E-state index in [0.29, 0.717) is 30.2 Å². The molecule has 0 spiro atoms. The molecule has 0 aliphatic rings. The summed E-state index contributed by atoms with van der Waals surface area (Å²) in [6, 6.07) is 5.82. The monoisotopic (exact) mass is 415 g/mol. The van der Waals surface area contributed by atoms with E-state index >= 15 is 0 Å². The molecule has 142 valence electrons. The second-order valence-electron chi connectivity index (χ2n) is 5.22. The molecule has 0 aliphatic heterocycles. The maximum Gasteiger partial charge on any atom is 0.433 e. The lowest BCUT2D eigenvalue weighted by atomic mass is 10.4. The molecular formula is C15H12F3N5O2S2. The summed E-state index contributed by atoms with van der Waals surface area (Å²) in [6.07, 6.45) is -3.21. The van der Waals surface area contributed by atoms with E-state index in [9.17, 15) is 22.8 Å². The standard InChI is InChI=1S/C15H12F3N5O2S2/c16-15(17,18)10-6-12(24)22-14(20-10)27-8-13(25)21-11-3-4-19-23(11)7-9-2-1-5-26-9/h1-6H,7-8H2,(H,21,25)(H,20,22,24). The number of nitrogens with one attached hydrogen (secondary N) is 2. The number of nitrogens with zero attached hydrogens (tertiary/aromatic N) is 3. The SMILES string of the molecule is O=C(CSc1nc(C(F)(F)F)cc(=O)[nH]1)Nc1ccnn1Cc1cccs1. The molecule has 0 fully saturated rings. The Kier molecular flexibility index (Phi) is 5.65. The van der Waals surface area contributed by atoms with Gasteiger partial charge in [0.2, 0.25) is 5.91 Å². The van der Waals surface area contributed by atoms with Gasteiger partial charge in [0.15, 0.2) is 10.9 Å². The van der Waals surface area contributed by atoms with Gasteiger partial charge >= 0.3 is 6.18 Å². The number of H-pyrrole nitrogens is 1. The Balaban J connectivity index is 1.62. The predicted molar refractivity (Wildman–Crippen MR) is 94.9 cm³/mol. The zero-order chi connectivity index (χ0) is 19.4. The fraction of sp³-hybridized carbons (Fsp3) is 0.200. The van der Waals surface area contributed by atoms with E-state index in [2.05, 4.69) is 20.4 Å². The normalized spacial score (nSPS) is 11.5. The highest BCUT2D eigenvalue weighted by Crippen LogP contribution is 2.27. The van der Waals surface area contributed by atoms with E-state index < -0.39 is 23.3 Å². The summed E-state index contributed by atoms with van der Waals surface area (Å²) in [5.74, 6) is -0.235. The summed E-state index contributed by atoms with van der Waals surface area (Å²) in [6.45, 7) is 0.482. The Labute approximate surface area is 158 Å². The number of aromatic amines is 1. The van der Waals surface area contributed by atoms with Crippen molar-refractivity contribution in [3.63, 3.8) is 0 Å². The number of rotatable bonds is 6. The quantitative estimate of drug-likeness (QED) is 0.477. The summed E-state index contributed by atoms with van der Waals surface area (Å²) in [7, 11) is 0. The van der Waals surface area contributed by atoms with E-state index in [1.807, 2.05) is 17.5 Å². The summed E-state index contributed by atoms with van der Waals surface area (Å²) < 4.78 is 39.7. The minimum atomic E-state index is -4.74. The average molecular weight is 415 g/mol. The van der Waals surface area contributed by atoms with Crippen LogP contribution in [0.2, 0.25) is 0 Å². The summed E-state index contributed by atoms with van der Waals surface area (Å²) in [5, 5.41) is 8.41. The van der Waals surface area contributed by atoms with Crippen molar-refractivity contribution < 1.29 is 18.0 Å². The summed E-state index contributed by atoms with van der Waals surface area (Å²) in [5.41, 5.74) is -2.24. The highest BCUT2D eigenvalue weighted by atomic mass is 32.2. The van der Waals surface area contributed by atoms with Gasteiger partial charge in [0, 0.05) is 17.0 Å². The van der Waals surface area contributed by atoms with Crippen LogP contribution >= 0.6 is 23.1 Å². The Hall–Kier alpha value is -2.60. The van der Waals surface area contributed by atoms with Gasteiger partial charge in [0.05, 0.1) is 18.5 Å². The zero-order valence-corrected chi connectivity index (χ0v) is 15.1. The van der Waals surface area contributed by atoms with Gasteiger partial charge in [-0.25, -0.2) is 9.67 Å². The van der Waals surface area contributed by atoms with Gasteiger partial charge in [-0.2, -0.15) is 18.3 Å². The number of thiophene rings is 1. The van der Waals surface area contributed by atoms with Crippen molar-refractivity contribution in [1.82, 2.24) is 19.7 Å². The Bertz CT molecular complexity index is 982. The van der Waals surface area contributed by atoms with Gasteiger partial charge in [-0.1, -0.05) is 17.8 Å². The van der Waals surface area contributed by atoms with Crippen molar-refractivity contribution in [2.45, 2.75) is 17.9 Å². The van der Waals surface area contributed by atoms with Crippen LogP contribution in [-0.4, -0.2) is 31.4 Å². The molecule has 3 aromatic heterocycles. The van der Waals surface area contributed by atoms with Crippen LogP contribution in [0.1, 0.15) is 10.6 Å². The molecule has 0 saturated heterocycles. The number of anilines is 1. The lowest BCUT2D eigenvalue weighted by Crippen LogP contribution is -2.19. The highest BCUT2D eigenvalue weighted by Gasteiger charge is 2.33. The fourth-order valence-corrected chi connectivity index (χ4v) is 3.44. The number of alkyl halides is 3. The highest BCUT2D eigenvalue weighted by molar-refractivity contribution is 7.99. The molecule has 1 amide bonds. The molecule has 12 heteroatoms. The molecule has 0 radical (unpaired) electrons. The van der Waals surface area contributed by atoms with Crippen LogP contribution in [0.5, 0.6) is 0 Å². The van der Waals surface area contributed by atoms with Crippen LogP contribution < -0.4 is 10.9 Å². The third kappa shape index (κ3) is 5.20. The molecule has 3 rings (SSSR count). The first kappa shape index (κ1) is 19.2. The first-order valence-electron chi connectivity index (χ1n) is 7.46. The second-order valence-corrected chi connectivity index (χ2v) is 7.22. The van der Waals surface area contributed by atoms with E-state index in [-0.39, 0.29) is 10.9 Å². The molecule has 3 aromatic rings. The van der Waals surface area contributed by atoms with Crippen molar-refractivity contribution in [2.75, 3.05) is 11.1 Å². The first-order chi connectivity index (χ1) is 12.8. The van der Waals surface area contributed by atoms with Gasteiger partial charge in [-0.15, -0.1) is 11.3 Å². The van der Waals surface area contributed by atoms with E-state index in [0.717, 1.165) is 4.88 Å². The van der Waals surface area contributed by atoms with Crippen LogP contribution in [0.4, 0.5) is 19.0 Å².